The third kappa shape index (κ3) is 2.79. The van der Waals surface area contributed by atoms with Crippen LogP contribution < -0.4 is 5.32 Å². The van der Waals surface area contributed by atoms with Crippen molar-refractivity contribution in [3.63, 3.8) is 0 Å². The zero-order chi connectivity index (χ0) is 15.9. The Morgan fingerprint density at radius 3 is 2.64 bits per heavy atom. The van der Waals surface area contributed by atoms with Crippen molar-refractivity contribution in [1.82, 2.24) is 0 Å². The van der Waals surface area contributed by atoms with Crippen LogP contribution in [0.5, 0.6) is 0 Å². The summed E-state index contributed by atoms with van der Waals surface area (Å²) in [6, 6.07) is 9.12. The highest BCUT2D eigenvalue weighted by Gasteiger charge is 2.18. The highest BCUT2D eigenvalue weighted by molar-refractivity contribution is 7.21. The predicted octanol–water partition coefficient (Wildman–Crippen LogP) is 6.25. The third-order valence-corrected chi connectivity index (χ3v) is 5.47. The molecule has 0 spiro atoms. The average molecular weight is 375 g/mol. The molecule has 1 heterocycles. The number of anilines is 1. The summed E-state index contributed by atoms with van der Waals surface area (Å²) in [6.45, 7) is 0. The molecule has 0 atom stereocenters. The van der Waals surface area contributed by atoms with Gasteiger partial charge in [-0.15, -0.1) is 11.3 Å². The van der Waals surface area contributed by atoms with Gasteiger partial charge in [-0.2, -0.15) is 0 Å². The van der Waals surface area contributed by atoms with E-state index in [4.69, 9.17) is 34.8 Å². The summed E-state index contributed by atoms with van der Waals surface area (Å²) in [4.78, 5) is 12.7. The summed E-state index contributed by atoms with van der Waals surface area (Å²) < 4.78 is 13.9. The van der Waals surface area contributed by atoms with E-state index in [-0.39, 0.29) is 15.9 Å². The lowest BCUT2D eigenvalue weighted by Gasteiger charge is -2.07. The van der Waals surface area contributed by atoms with E-state index in [1.165, 1.54) is 12.1 Å². The van der Waals surface area contributed by atoms with Gasteiger partial charge in [0.25, 0.3) is 5.91 Å². The minimum atomic E-state index is -0.421. The summed E-state index contributed by atoms with van der Waals surface area (Å²) in [7, 11) is 0. The molecule has 0 unspecified atom stereocenters. The smallest absolute Gasteiger partial charge is 0.267 e. The number of amides is 1. The van der Waals surface area contributed by atoms with Gasteiger partial charge in [0.1, 0.15) is 10.7 Å². The van der Waals surface area contributed by atoms with Crippen LogP contribution in [0.2, 0.25) is 15.1 Å². The van der Waals surface area contributed by atoms with Crippen molar-refractivity contribution in [3.8, 4) is 0 Å². The lowest BCUT2D eigenvalue weighted by molar-refractivity contribution is 0.103. The molecule has 0 radical (unpaired) electrons. The molecule has 2 aromatic carbocycles. The number of rotatable bonds is 2. The Kier molecular flexibility index (Phi) is 4.28. The molecule has 0 saturated heterocycles. The monoisotopic (exact) mass is 373 g/mol. The average Bonchev–Trinajstić information content (AvgIpc) is 2.80. The molecule has 0 bridgehead atoms. The summed E-state index contributed by atoms with van der Waals surface area (Å²) in [5, 5.41) is 4.17. The van der Waals surface area contributed by atoms with E-state index in [1.54, 1.807) is 24.3 Å². The van der Waals surface area contributed by atoms with Crippen LogP contribution >= 0.6 is 46.1 Å². The summed E-state index contributed by atoms with van der Waals surface area (Å²) in [6.07, 6.45) is 0. The lowest BCUT2D eigenvalue weighted by atomic mass is 10.2. The van der Waals surface area contributed by atoms with Crippen LogP contribution in [0.25, 0.3) is 10.1 Å². The van der Waals surface area contributed by atoms with E-state index in [0.717, 1.165) is 11.3 Å². The van der Waals surface area contributed by atoms with Gasteiger partial charge in [0.05, 0.1) is 20.8 Å². The fourth-order valence-electron chi connectivity index (χ4n) is 1.96. The fourth-order valence-corrected chi connectivity index (χ4v) is 3.75. The second kappa shape index (κ2) is 6.05. The van der Waals surface area contributed by atoms with E-state index >= 15 is 0 Å². The Morgan fingerprint density at radius 2 is 1.86 bits per heavy atom. The molecule has 0 aliphatic carbocycles. The molecule has 3 aromatic rings. The maximum atomic E-state index is 13.3. The number of thiophene rings is 1. The van der Waals surface area contributed by atoms with Crippen molar-refractivity contribution in [1.29, 1.82) is 0 Å². The van der Waals surface area contributed by atoms with Crippen LogP contribution in [0.4, 0.5) is 10.1 Å². The predicted molar refractivity (Wildman–Crippen MR) is 91.2 cm³/mol. The first-order chi connectivity index (χ1) is 10.5. The van der Waals surface area contributed by atoms with Gasteiger partial charge in [0, 0.05) is 10.1 Å². The molecule has 112 valence electrons. The Balaban J connectivity index is 1.99. The van der Waals surface area contributed by atoms with Gasteiger partial charge in [-0.1, -0.05) is 40.9 Å². The van der Waals surface area contributed by atoms with Gasteiger partial charge in [0.2, 0.25) is 0 Å². The molecule has 2 nitrogen and oxygen atoms in total. The van der Waals surface area contributed by atoms with Crippen LogP contribution in [0.3, 0.4) is 0 Å². The summed E-state index contributed by atoms with van der Waals surface area (Å²) in [5.41, 5.74) is 0.388. The largest absolute Gasteiger partial charge is 0.320 e. The van der Waals surface area contributed by atoms with E-state index < -0.39 is 5.91 Å². The summed E-state index contributed by atoms with van der Waals surface area (Å²) >= 11 is 19.3. The van der Waals surface area contributed by atoms with Crippen LogP contribution in [0.15, 0.2) is 36.4 Å². The zero-order valence-corrected chi connectivity index (χ0v) is 13.9. The van der Waals surface area contributed by atoms with Crippen LogP contribution in [0, 0.1) is 5.82 Å². The van der Waals surface area contributed by atoms with E-state index in [9.17, 15) is 9.18 Å². The van der Waals surface area contributed by atoms with Gasteiger partial charge < -0.3 is 5.32 Å². The van der Waals surface area contributed by atoms with Crippen molar-refractivity contribution >= 4 is 67.8 Å². The first-order valence-corrected chi connectivity index (χ1v) is 8.05. The molecule has 7 heteroatoms. The normalized spacial score (nSPS) is 10.9. The van der Waals surface area contributed by atoms with E-state index in [0.29, 0.717) is 25.7 Å². The van der Waals surface area contributed by atoms with Gasteiger partial charge in [-0.25, -0.2) is 4.39 Å². The van der Waals surface area contributed by atoms with Gasteiger partial charge in [-0.3, -0.25) is 4.79 Å². The number of benzene rings is 2. The second-order valence-corrected chi connectivity index (χ2v) is 6.66. The van der Waals surface area contributed by atoms with Crippen LogP contribution in [0.1, 0.15) is 9.67 Å². The fraction of sp³-hybridized carbons (Fsp3) is 0. The molecule has 1 amide bonds. The number of nitrogens with one attached hydrogen (secondary N) is 1. The van der Waals surface area contributed by atoms with E-state index in [2.05, 4.69) is 5.32 Å². The van der Waals surface area contributed by atoms with Crippen molar-refractivity contribution in [2.45, 2.75) is 0 Å². The number of carbonyl (C=O) groups is 1. The molecular weight excluding hydrogens is 368 g/mol. The highest BCUT2D eigenvalue weighted by Crippen LogP contribution is 2.37. The molecule has 0 aliphatic rings. The Hall–Kier alpha value is -1.33. The zero-order valence-electron chi connectivity index (χ0n) is 10.8. The molecule has 0 saturated carbocycles. The highest BCUT2D eigenvalue weighted by atomic mass is 35.5. The van der Waals surface area contributed by atoms with Gasteiger partial charge in [0.15, 0.2) is 0 Å². The molecule has 1 aromatic heterocycles. The SMILES string of the molecule is O=C(Nc1cccc(Cl)c1Cl)c1sc2cc(F)ccc2c1Cl. The maximum Gasteiger partial charge on any atom is 0.267 e. The minimum absolute atomic E-state index is 0.251. The number of hydrogen-bond acceptors (Lipinski definition) is 2. The standard InChI is InChI=1S/C15H7Cl3FNOS/c16-9-2-1-3-10(13(9)18)20-15(21)14-12(17)8-5-4-7(19)6-11(8)22-14/h1-6H,(H,20,21). The number of carbonyl (C=O) groups excluding carboxylic acids is 1. The number of halogens is 4. The first kappa shape index (κ1) is 15.6. The van der Waals surface area contributed by atoms with Crippen molar-refractivity contribution in [2.75, 3.05) is 5.32 Å². The molecule has 0 fully saturated rings. The second-order valence-electron chi connectivity index (χ2n) is 4.44. The Labute approximate surface area is 144 Å². The summed E-state index contributed by atoms with van der Waals surface area (Å²) in [5.74, 6) is -0.800. The Bertz CT molecular complexity index is 894. The van der Waals surface area contributed by atoms with E-state index in [1.807, 2.05) is 0 Å². The van der Waals surface area contributed by atoms with Crippen LogP contribution in [-0.2, 0) is 0 Å². The molecule has 0 aliphatic heterocycles. The van der Waals surface area contributed by atoms with Crippen molar-refractivity contribution in [2.24, 2.45) is 0 Å². The lowest BCUT2D eigenvalue weighted by Crippen LogP contribution is -2.11. The first-order valence-electron chi connectivity index (χ1n) is 6.10. The minimum Gasteiger partial charge on any atom is -0.320 e. The van der Waals surface area contributed by atoms with Gasteiger partial charge >= 0.3 is 0 Å². The number of hydrogen-bond donors (Lipinski definition) is 1. The van der Waals surface area contributed by atoms with Crippen molar-refractivity contribution < 1.29 is 9.18 Å². The van der Waals surface area contributed by atoms with Crippen LogP contribution in [-0.4, -0.2) is 5.91 Å². The molecule has 1 N–H and O–H groups in total. The third-order valence-electron chi connectivity index (χ3n) is 3.00. The molecular formula is C15H7Cl3FNOS. The molecule has 22 heavy (non-hydrogen) atoms. The maximum absolute atomic E-state index is 13.3. The molecule has 3 rings (SSSR count). The topological polar surface area (TPSA) is 29.1 Å². The quantitative estimate of drug-likeness (QED) is 0.564. The van der Waals surface area contributed by atoms with Crippen molar-refractivity contribution in [3.05, 3.63) is 62.2 Å². The van der Waals surface area contributed by atoms with Gasteiger partial charge in [-0.05, 0) is 30.3 Å². The Morgan fingerprint density at radius 1 is 1.09 bits per heavy atom. The number of fused-ring (bicyclic) bond motifs is 1.